The van der Waals surface area contributed by atoms with Gasteiger partial charge in [-0.15, -0.1) is 0 Å². The van der Waals surface area contributed by atoms with Gasteiger partial charge < -0.3 is 11.1 Å². The van der Waals surface area contributed by atoms with Crippen LogP contribution < -0.4 is 11.1 Å². The van der Waals surface area contributed by atoms with Crippen molar-refractivity contribution in [2.45, 2.75) is 57.4 Å². The second-order valence-corrected chi connectivity index (χ2v) is 5.56. The number of carbonyl (C=O) groups is 1. The van der Waals surface area contributed by atoms with Crippen molar-refractivity contribution >= 4 is 5.91 Å². The van der Waals surface area contributed by atoms with Crippen LogP contribution in [0.15, 0.2) is 0 Å². The predicted octanol–water partition coefficient (Wildman–Crippen LogP) is 1.56. The molecule has 3 nitrogen and oxygen atoms in total. The Hall–Kier alpha value is -0.570. The van der Waals surface area contributed by atoms with Crippen molar-refractivity contribution in [3.05, 3.63) is 0 Å². The zero-order valence-corrected chi connectivity index (χ0v) is 9.64. The molecule has 0 spiro atoms. The first-order valence-electron chi connectivity index (χ1n) is 6.13. The lowest BCUT2D eigenvalue weighted by molar-refractivity contribution is -0.133. The van der Waals surface area contributed by atoms with Crippen molar-refractivity contribution in [2.24, 2.45) is 11.1 Å². The SMILES string of the molecule is CC1(C(=O)NC2(CN)CCC2)CCCC1. The van der Waals surface area contributed by atoms with Crippen LogP contribution in [0.25, 0.3) is 0 Å². The van der Waals surface area contributed by atoms with Crippen LogP contribution in [0.1, 0.15) is 51.9 Å². The summed E-state index contributed by atoms with van der Waals surface area (Å²) in [5, 5.41) is 3.20. The highest BCUT2D eigenvalue weighted by Gasteiger charge is 2.43. The van der Waals surface area contributed by atoms with Crippen LogP contribution in [0.2, 0.25) is 0 Å². The quantitative estimate of drug-likeness (QED) is 0.743. The number of nitrogens with one attached hydrogen (secondary N) is 1. The summed E-state index contributed by atoms with van der Waals surface area (Å²) in [5.74, 6) is 0.241. The molecule has 3 heteroatoms. The molecule has 0 aliphatic heterocycles. The highest BCUT2D eigenvalue weighted by Crippen LogP contribution is 2.39. The molecule has 0 aromatic carbocycles. The third kappa shape index (κ3) is 1.89. The Kier molecular flexibility index (Phi) is 2.75. The van der Waals surface area contributed by atoms with Crippen LogP contribution in [0.5, 0.6) is 0 Å². The third-order valence-corrected chi connectivity index (χ3v) is 4.34. The fourth-order valence-corrected chi connectivity index (χ4v) is 2.76. The summed E-state index contributed by atoms with van der Waals surface area (Å²) in [6.45, 7) is 2.69. The number of rotatable bonds is 3. The molecule has 86 valence electrons. The maximum Gasteiger partial charge on any atom is 0.226 e. The van der Waals surface area contributed by atoms with E-state index in [-0.39, 0.29) is 16.9 Å². The van der Waals surface area contributed by atoms with Gasteiger partial charge in [0, 0.05) is 12.0 Å². The lowest BCUT2D eigenvalue weighted by atomic mass is 9.75. The first-order chi connectivity index (χ1) is 7.10. The Morgan fingerprint density at radius 3 is 2.20 bits per heavy atom. The smallest absolute Gasteiger partial charge is 0.226 e. The van der Waals surface area contributed by atoms with Crippen molar-refractivity contribution in [2.75, 3.05) is 6.54 Å². The zero-order valence-electron chi connectivity index (χ0n) is 9.64. The van der Waals surface area contributed by atoms with E-state index >= 15 is 0 Å². The first kappa shape index (κ1) is 10.9. The number of amides is 1. The van der Waals surface area contributed by atoms with Crippen molar-refractivity contribution < 1.29 is 4.79 Å². The van der Waals surface area contributed by atoms with Gasteiger partial charge in [-0.05, 0) is 32.1 Å². The Bertz CT molecular complexity index is 247. The molecule has 0 bridgehead atoms. The van der Waals surface area contributed by atoms with Gasteiger partial charge in [0.1, 0.15) is 0 Å². The van der Waals surface area contributed by atoms with E-state index in [0.717, 1.165) is 25.7 Å². The van der Waals surface area contributed by atoms with Gasteiger partial charge in [0.15, 0.2) is 0 Å². The monoisotopic (exact) mass is 210 g/mol. The van der Waals surface area contributed by atoms with E-state index in [1.807, 2.05) is 0 Å². The normalized spacial score (nSPS) is 27.1. The summed E-state index contributed by atoms with van der Waals surface area (Å²) in [6, 6.07) is 0. The van der Waals surface area contributed by atoms with Gasteiger partial charge in [0.05, 0.1) is 5.54 Å². The van der Waals surface area contributed by atoms with Crippen LogP contribution in [0.3, 0.4) is 0 Å². The molecule has 0 aromatic heterocycles. The average Bonchev–Trinajstić information content (AvgIpc) is 2.60. The van der Waals surface area contributed by atoms with Gasteiger partial charge in [-0.2, -0.15) is 0 Å². The molecule has 2 fully saturated rings. The average molecular weight is 210 g/mol. The Morgan fingerprint density at radius 1 is 1.20 bits per heavy atom. The van der Waals surface area contributed by atoms with E-state index in [1.165, 1.54) is 19.3 Å². The standard InChI is InChI=1S/C12H22N2O/c1-11(5-2-3-6-11)10(15)14-12(9-13)7-4-8-12/h2-9,13H2,1H3,(H,14,15). The van der Waals surface area contributed by atoms with Gasteiger partial charge in [-0.1, -0.05) is 19.8 Å². The van der Waals surface area contributed by atoms with Crippen molar-refractivity contribution in [3.63, 3.8) is 0 Å². The second kappa shape index (κ2) is 3.78. The fraction of sp³-hybridized carbons (Fsp3) is 0.917. The summed E-state index contributed by atoms with van der Waals surface area (Å²) in [7, 11) is 0. The summed E-state index contributed by atoms with van der Waals surface area (Å²) in [6.07, 6.45) is 7.79. The van der Waals surface area contributed by atoms with E-state index in [1.54, 1.807) is 0 Å². The number of carbonyl (C=O) groups excluding carboxylic acids is 1. The summed E-state index contributed by atoms with van der Waals surface area (Å²) in [5.41, 5.74) is 5.58. The fourth-order valence-electron chi connectivity index (χ4n) is 2.76. The van der Waals surface area contributed by atoms with Crippen molar-refractivity contribution in [3.8, 4) is 0 Å². The van der Waals surface area contributed by atoms with Crippen LogP contribution in [-0.4, -0.2) is 18.0 Å². The van der Waals surface area contributed by atoms with E-state index in [4.69, 9.17) is 5.73 Å². The zero-order chi connectivity index (χ0) is 10.9. The van der Waals surface area contributed by atoms with Gasteiger partial charge in [-0.25, -0.2) is 0 Å². The van der Waals surface area contributed by atoms with Crippen LogP contribution in [0, 0.1) is 5.41 Å². The van der Waals surface area contributed by atoms with Gasteiger partial charge in [0.25, 0.3) is 0 Å². The molecular formula is C12H22N2O. The Labute approximate surface area is 91.8 Å². The molecule has 3 N–H and O–H groups in total. The molecule has 1 amide bonds. The molecule has 2 aliphatic carbocycles. The topological polar surface area (TPSA) is 55.1 Å². The lowest BCUT2D eigenvalue weighted by Crippen LogP contribution is -2.60. The molecule has 15 heavy (non-hydrogen) atoms. The highest BCUT2D eigenvalue weighted by molar-refractivity contribution is 5.83. The highest BCUT2D eigenvalue weighted by atomic mass is 16.2. The minimum atomic E-state index is -0.113. The summed E-state index contributed by atoms with van der Waals surface area (Å²) >= 11 is 0. The van der Waals surface area contributed by atoms with Crippen LogP contribution in [0.4, 0.5) is 0 Å². The van der Waals surface area contributed by atoms with Gasteiger partial charge in [0.2, 0.25) is 5.91 Å². The largest absolute Gasteiger partial charge is 0.349 e. The Balaban J connectivity index is 1.96. The maximum atomic E-state index is 12.2. The van der Waals surface area contributed by atoms with Crippen molar-refractivity contribution in [1.82, 2.24) is 5.32 Å². The van der Waals surface area contributed by atoms with Gasteiger partial charge in [-0.3, -0.25) is 4.79 Å². The lowest BCUT2D eigenvalue weighted by Gasteiger charge is -2.43. The summed E-state index contributed by atoms with van der Waals surface area (Å²) in [4.78, 5) is 12.2. The molecule has 0 saturated heterocycles. The molecule has 2 aliphatic rings. The van der Waals surface area contributed by atoms with E-state index < -0.39 is 0 Å². The van der Waals surface area contributed by atoms with Crippen LogP contribution in [-0.2, 0) is 4.79 Å². The number of nitrogens with two attached hydrogens (primary N) is 1. The number of hydrogen-bond donors (Lipinski definition) is 2. The molecule has 0 heterocycles. The molecule has 0 radical (unpaired) electrons. The minimum Gasteiger partial charge on any atom is -0.349 e. The molecular weight excluding hydrogens is 188 g/mol. The van der Waals surface area contributed by atoms with Crippen LogP contribution >= 0.6 is 0 Å². The molecule has 2 rings (SSSR count). The predicted molar refractivity (Wildman–Crippen MR) is 60.4 cm³/mol. The Morgan fingerprint density at radius 2 is 1.80 bits per heavy atom. The number of hydrogen-bond acceptors (Lipinski definition) is 2. The second-order valence-electron chi connectivity index (χ2n) is 5.56. The minimum absolute atomic E-state index is 0.0529. The van der Waals surface area contributed by atoms with E-state index in [9.17, 15) is 4.79 Å². The first-order valence-corrected chi connectivity index (χ1v) is 6.13. The summed E-state index contributed by atoms with van der Waals surface area (Å²) < 4.78 is 0. The molecule has 0 aromatic rings. The van der Waals surface area contributed by atoms with E-state index in [0.29, 0.717) is 6.54 Å². The molecule has 0 atom stereocenters. The van der Waals surface area contributed by atoms with Gasteiger partial charge >= 0.3 is 0 Å². The molecule has 0 unspecified atom stereocenters. The van der Waals surface area contributed by atoms with E-state index in [2.05, 4.69) is 12.2 Å². The maximum absolute atomic E-state index is 12.2. The third-order valence-electron chi connectivity index (χ3n) is 4.34. The molecule has 2 saturated carbocycles. The van der Waals surface area contributed by atoms with Crippen molar-refractivity contribution in [1.29, 1.82) is 0 Å².